The van der Waals surface area contributed by atoms with Crippen molar-refractivity contribution in [1.29, 1.82) is 0 Å². The van der Waals surface area contributed by atoms with E-state index in [1.54, 1.807) is 0 Å². The van der Waals surface area contributed by atoms with Crippen molar-refractivity contribution >= 4 is 44.0 Å². The van der Waals surface area contributed by atoms with Gasteiger partial charge in [0.2, 0.25) is 5.91 Å². The minimum absolute atomic E-state index is 0.0255. The van der Waals surface area contributed by atoms with E-state index in [1.807, 2.05) is 24.3 Å². The first kappa shape index (κ1) is 12.8. The van der Waals surface area contributed by atoms with Gasteiger partial charge in [-0.25, -0.2) is 8.42 Å². The average Bonchev–Trinajstić information content (AvgIpc) is 2.62. The molecule has 1 saturated heterocycles. The number of hydrogen-bond donors (Lipinski definition) is 1. The molecule has 1 aliphatic rings. The molecule has 1 heterocycles. The van der Waals surface area contributed by atoms with Crippen LogP contribution in [-0.2, 0) is 14.6 Å². The highest BCUT2D eigenvalue weighted by Gasteiger charge is 2.33. The molecule has 1 aliphatic heterocycles. The summed E-state index contributed by atoms with van der Waals surface area (Å²) in [5.74, 6) is -0.509. The third kappa shape index (κ3) is 3.19. The topological polar surface area (TPSA) is 63.2 Å². The molecule has 2 rings (SSSR count). The van der Waals surface area contributed by atoms with Crippen LogP contribution in [0, 0.1) is 9.49 Å². The minimum atomic E-state index is -3.01. The van der Waals surface area contributed by atoms with E-state index in [-0.39, 0.29) is 17.4 Å². The Bertz CT molecular complexity index is 541. The van der Waals surface area contributed by atoms with E-state index in [0.29, 0.717) is 6.42 Å². The third-order valence-corrected chi connectivity index (χ3v) is 5.44. The van der Waals surface area contributed by atoms with Crippen molar-refractivity contribution in [2.75, 3.05) is 16.8 Å². The number of amides is 1. The van der Waals surface area contributed by atoms with Crippen LogP contribution < -0.4 is 5.32 Å². The second kappa shape index (κ2) is 4.93. The van der Waals surface area contributed by atoms with Crippen LogP contribution in [0.5, 0.6) is 0 Å². The van der Waals surface area contributed by atoms with Crippen LogP contribution >= 0.6 is 22.6 Å². The maximum atomic E-state index is 11.9. The lowest BCUT2D eigenvalue weighted by Gasteiger charge is -2.10. The predicted octanol–water partition coefficient (Wildman–Crippen LogP) is 1.66. The first-order valence-electron chi connectivity index (χ1n) is 5.24. The fraction of sp³-hybridized carbons (Fsp3) is 0.364. The number of rotatable bonds is 2. The summed E-state index contributed by atoms with van der Waals surface area (Å²) >= 11 is 2.13. The fourth-order valence-corrected chi connectivity index (χ4v) is 4.06. The summed E-state index contributed by atoms with van der Waals surface area (Å²) in [5.41, 5.74) is 0.738. The Morgan fingerprint density at radius 2 is 2.06 bits per heavy atom. The highest BCUT2D eigenvalue weighted by atomic mass is 127. The van der Waals surface area contributed by atoms with Crippen molar-refractivity contribution in [3.05, 3.63) is 27.8 Å². The Kier molecular flexibility index (Phi) is 3.72. The molecule has 4 nitrogen and oxygen atoms in total. The molecule has 0 spiro atoms. The molecule has 0 saturated carbocycles. The van der Waals surface area contributed by atoms with Gasteiger partial charge in [0.1, 0.15) is 0 Å². The van der Waals surface area contributed by atoms with Crippen LogP contribution in [0.4, 0.5) is 5.69 Å². The van der Waals surface area contributed by atoms with Crippen molar-refractivity contribution in [2.45, 2.75) is 6.42 Å². The minimum Gasteiger partial charge on any atom is -0.325 e. The van der Waals surface area contributed by atoms with Crippen molar-refractivity contribution in [1.82, 2.24) is 0 Å². The molecule has 0 aromatic heterocycles. The first-order valence-corrected chi connectivity index (χ1v) is 8.14. The molecule has 0 radical (unpaired) electrons. The van der Waals surface area contributed by atoms with Gasteiger partial charge < -0.3 is 5.32 Å². The lowest BCUT2D eigenvalue weighted by Crippen LogP contribution is -2.24. The molecule has 0 bridgehead atoms. The smallest absolute Gasteiger partial charge is 0.228 e. The molecule has 92 valence electrons. The summed E-state index contributed by atoms with van der Waals surface area (Å²) in [6.07, 6.45) is 0.428. The molecule has 1 amide bonds. The lowest BCUT2D eigenvalue weighted by atomic mass is 10.1. The number of para-hydroxylation sites is 1. The second-order valence-electron chi connectivity index (χ2n) is 4.07. The van der Waals surface area contributed by atoms with Crippen LogP contribution in [-0.4, -0.2) is 25.8 Å². The number of nitrogens with one attached hydrogen (secondary N) is 1. The lowest BCUT2D eigenvalue weighted by molar-refractivity contribution is -0.119. The number of sulfone groups is 1. The molecular weight excluding hydrogens is 353 g/mol. The van der Waals surface area contributed by atoms with Crippen molar-refractivity contribution < 1.29 is 13.2 Å². The largest absolute Gasteiger partial charge is 0.325 e. The van der Waals surface area contributed by atoms with Crippen molar-refractivity contribution in [3.8, 4) is 0 Å². The van der Waals surface area contributed by atoms with Gasteiger partial charge >= 0.3 is 0 Å². The zero-order valence-electron chi connectivity index (χ0n) is 9.02. The molecule has 17 heavy (non-hydrogen) atoms. The highest BCUT2D eigenvalue weighted by molar-refractivity contribution is 14.1. The van der Waals surface area contributed by atoms with Gasteiger partial charge in [-0.15, -0.1) is 0 Å². The van der Waals surface area contributed by atoms with E-state index >= 15 is 0 Å². The van der Waals surface area contributed by atoms with Crippen molar-refractivity contribution in [3.63, 3.8) is 0 Å². The SMILES string of the molecule is O=C(Nc1ccccc1I)[C@H]1CCS(=O)(=O)C1. The molecular formula is C11H12INO3S. The van der Waals surface area contributed by atoms with E-state index in [1.165, 1.54) is 0 Å². The van der Waals surface area contributed by atoms with E-state index in [0.717, 1.165) is 9.26 Å². The van der Waals surface area contributed by atoms with Crippen LogP contribution in [0.15, 0.2) is 24.3 Å². The molecule has 1 fully saturated rings. The molecule has 1 aromatic rings. The Morgan fingerprint density at radius 3 is 2.65 bits per heavy atom. The summed E-state index contributed by atoms with van der Waals surface area (Å²) in [6.45, 7) is 0. The third-order valence-electron chi connectivity index (χ3n) is 2.73. The van der Waals surface area contributed by atoms with Gasteiger partial charge in [-0.05, 0) is 41.1 Å². The molecule has 1 atom stereocenters. The quantitative estimate of drug-likeness (QED) is 0.811. The summed E-state index contributed by atoms with van der Waals surface area (Å²) in [6, 6.07) is 7.42. The van der Waals surface area contributed by atoms with Gasteiger partial charge in [-0.1, -0.05) is 12.1 Å². The molecule has 6 heteroatoms. The summed E-state index contributed by atoms with van der Waals surface area (Å²) in [7, 11) is -3.01. The van der Waals surface area contributed by atoms with Crippen LogP contribution in [0.25, 0.3) is 0 Å². The Hall–Kier alpha value is -0.630. The van der Waals surface area contributed by atoms with E-state index in [9.17, 15) is 13.2 Å². The van der Waals surface area contributed by atoms with Crippen LogP contribution in [0.1, 0.15) is 6.42 Å². The molecule has 1 aromatic carbocycles. The number of carbonyl (C=O) groups excluding carboxylic acids is 1. The summed E-state index contributed by atoms with van der Waals surface area (Å²) in [4.78, 5) is 11.9. The monoisotopic (exact) mass is 365 g/mol. The maximum Gasteiger partial charge on any atom is 0.228 e. The normalized spacial score (nSPS) is 22.3. The molecule has 0 unspecified atom stereocenters. The predicted molar refractivity (Wildman–Crippen MR) is 74.5 cm³/mol. The maximum absolute atomic E-state index is 11.9. The van der Waals surface area contributed by atoms with E-state index < -0.39 is 15.8 Å². The Morgan fingerprint density at radius 1 is 1.35 bits per heavy atom. The van der Waals surface area contributed by atoms with Gasteiger partial charge in [-0.3, -0.25) is 4.79 Å². The van der Waals surface area contributed by atoms with Gasteiger partial charge in [0.05, 0.1) is 23.1 Å². The van der Waals surface area contributed by atoms with Gasteiger partial charge in [-0.2, -0.15) is 0 Å². The summed E-state index contributed by atoms with van der Waals surface area (Å²) < 4.78 is 23.5. The number of halogens is 1. The summed E-state index contributed by atoms with van der Waals surface area (Å²) in [5, 5.41) is 2.78. The van der Waals surface area contributed by atoms with Gasteiger partial charge in [0.15, 0.2) is 9.84 Å². The number of benzene rings is 1. The zero-order valence-corrected chi connectivity index (χ0v) is 12.0. The average molecular weight is 365 g/mol. The fourth-order valence-electron chi connectivity index (χ4n) is 1.80. The Labute approximate surface area is 114 Å². The number of hydrogen-bond acceptors (Lipinski definition) is 3. The zero-order chi connectivity index (χ0) is 12.5. The van der Waals surface area contributed by atoms with Crippen LogP contribution in [0.3, 0.4) is 0 Å². The van der Waals surface area contributed by atoms with Gasteiger partial charge in [0, 0.05) is 3.57 Å². The number of carbonyl (C=O) groups is 1. The van der Waals surface area contributed by atoms with Gasteiger partial charge in [0.25, 0.3) is 0 Å². The van der Waals surface area contributed by atoms with Crippen LogP contribution in [0.2, 0.25) is 0 Å². The Balaban J connectivity index is 2.06. The molecule has 1 N–H and O–H groups in total. The highest BCUT2D eigenvalue weighted by Crippen LogP contribution is 2.22. The second-order valence-corrected chi connectivity index (χ2v) is 7.46. The van der Waals surface area contributed by atoms with E-state index in [2.05, 4.69) is 27.9 Å². The molecule has 0 aliphatic carbocycles. The standard InChI is InChI=1S/C11H12INO3S/c12-9-3-1-2-4-10(9)13-11(14)8-5-6-17(15,16)7-8/h1-4,8H,5-7H2,(H,13,14)/t8-/m0/s1. The first-order chi connectivity index (χ1) is 7.98. The van der Waals surface area contributed by atoms with E-state index in [4.69, 9.17) is 0 Å². The number of anilines is 1. The van der Waals surface area contributed by atoms with Crippen molar-refractivity contribution in [2.24, 2.45) is 5.92 Å².